The lowest BCUT2D eigenvalue weighted by Gasteiger charge is -2.14. The summed E-state index contributed by atoms with van der Waals surface area (Å²) in [5.74, 6) is 1.40. The first-order chi connectivity index (χ1) is 7.50. The van der Waals surface area contributed by atoms with Gasteiger partial charge in [-0.3, -0.25) is 4.79 Å². The molecule has 3 heteroatoms. The van der Waals surface area contributed by atoms with Gasteiger partial charge in [-0.1, -0.05) is 20.8 Å². The number of hydrogen-bond acceptors (Lipinski definition) is 3. The van der Waals surface area contributed by atoms with Gasteiger partial charge < -0.3 is 5.11 Å². The lowest BCUT2D eigenvalue weighted by Crippen LogP contribution is -2.11. The standard InChI is InChI=1S/C13H18O2S/c1-9(2)10(3)16-8-13(15)11-4-6-12(14)7-5-11/h4-7,9-10,14H,8H2,1-3H3. The SMILES string of the molecule is CC(C)C(C)SCC(=O)c1ccc(O)cc1. The summed E-state index contributed by atoms with van der Waals surface area (Å²) in [6.07, 6.45) is 0. The highest BCUT2D eigenvalue weighted by atomic mass is 32.2. The van der Waals surface area contributed by atoms with E-state index >= 15 is 0 Å². The number of carbonyl (C=O) groups is 1. The molecule has 0 saturated heterocycles. The lowest BCUT2D eigenvalue weighted by molar-refractivity contribution is 0.102. The van der Waals surface area contributed by atoms with Crippen molar-refractivity contribution >= 4 is 17.5 Å². The second-order valence-corrected chi connectivity index (χ2v) is 5.60. The highest BCUT2D eigenvalue weighted by Gasteiger charge is 2.11. The van der Waals surface area contributed by atoms with E-state index in [4.69, 9.17) is 5.11 Å². The third-order valence-electron chi connectivity index (χ3n) is 2.61. The van der Waals surface area contributed by atoms with Gasteiger partial charge in [-0.15, -0.1) is 0 Å². The van der Waals surface area contributed by atoms with Crippen molar-refractivity contribution in [2.75, 3.05) is 5.75 Å². The molecule has 0 fully saturated rings. The number of hydrogen-bond donors (Lipinski definition) is 1. The Morgan fingerprint density at radius 2 is 1.81 bits per heavy atom. The van der Waals surface area contributed by atoms with Gasteiger partial charge in [-0.05, 0) is 30.2 Å². The number of Topliss-reactive ketones (excluding diaryl/α,β-unsaturated/α-hetero) is 1. The van der Waals surface area contributed by atoms with E-state index in [2.05, 4.69) is 20.8 Å². The molecule has 0 aliphatic carbocycles. The van der Waals surface area contributed by atoms with Crippen LogP contribution in [-0.2, 0) is 0 Å². The summed E-state index contributed by atoms with van der Waals surface area (Å²) in [7, 11) is 0. The van der Waals surface area contributed by atoms with E-state index in [9.17, 15) is 4.79 Å². The van der Waals surface area contributed by atoms with Crippen LogP contribution < -0.4 is 0 Å². The molecule has 0 amide bonds. The maximum Gasteiger partial charge on any atom is 0.172 e. The molecule has 0 radical (unpaired) electrons. The normalized spacial score (nSPS) is 12.8. The van der Waals surface area contributed by atoms with E-state index in [0.29, 0.717) is 22.5 Å². The van der Waals surface area contributed by atoms with Crippen molar-refractivity contribution in [1.82, 2.24) is 0 Å². The molecular weight excluding hydrogens is 220 g/mol. The van der Waals surface area contributed by atoms with Gasteiger partial charge in [0.2, 0.25) is 0 Å². The van der Waals surface area contributed by atoms with Gasteiger partial charge in [0.05, 0.1) is 5.75 Å². The Hall–Kier alpha value is -0.960. The summed E-state index contributed by atoms with van der Waals surface area (Å²) in [6.45, 7) is 6.45. The van der Waals surface area contributed by atoms with Crippen LogP contribution in [0.15, 0.2) is 24.3 Å². The van der Waals surface area contributed by atoms with E-state index in [0.717, 1.165) is 0 Å². The molecule has 0 aliphatic heterocycles. The summed E-state index contributed by atoms with van der Waals surface area (Å²) in [5, 5.41) is 9.60. The minimum absolute atomic E-state index is 0.123. The van der Waals surface area contributed by atoms with E-state index in [1.807, 2.05) is 0 Å². The number of benzene rings is 1. The topological polar surface area (TPSA) is 37.3 Å². The number of carbonyl (C=O) groups excluding carboxylic acids is 1. The first kappa shape index (κ1) is 13.1. The average molecular weight is 238 g/mol. The fourth-order valence-corrected chi connectivity index (χ4v) is 2.10. The van der Waals surface area contributed by atoms with Crippen molar-refractivity contribution in [1.29, 1.82) is 0 Å². The highest BCUT2D eigenvalue weighted by Crippen LogP contribution is 2.20. The van der Waals surface area contributed by atoms with Gasteiger partial charge in [0, 0.05) is 10.8 Å². The predicted octanol–water partition coefficient (Wildman–Crippen LogP) is 3.35. The minimum atomic E-state index is 0.123. The zero-order chi connectivity index (χ0) is 12.1. The monoisotopic (exact) mass is 238 g/mol. The Morgan fingerprint density at radius 1 is 1.25 bits per heavy atom. The van der Waals surface area contributed by atoms with Crippen molar-refractivity contribution in [2.24, 2.45) is 5.92 Å². The molecule has 88 valence electrons. The lowest BCUT2D eigenvalue weighted by atomic mass is 10.1. The second kappa shape index (κ2) is 5.94. The van der Waals surface area contributed by atoms with Crippen molar-refractivity contribution in [2.45, 2.75) is 26.0 Å². The number of rotatable bonds is 5. The smallest absolute Gasteiger partial charge is 0.172 e. The Labute approximate surface area is 101 Å². The molecule has 1 aromatic rings. The molecule has 0 bridgehead atoms. The molecule has 2 nitrogen and oxygen atoms in total. The van der Waals surface area contributed by atoms with Crippen LogP contribution in [-0.4, -0.2) is 21.9 Å². The third kappa shape index (κ3) is 3.89. The average Bonchev–Trinajstić information content (AvgIpc) is 2.26. The molecule has 1 rings (SSSR count). The largest absolute Gasteiger partial charge is 0.508 e. The van der Waals surface area contributed by atoms with Gasteiger partial charge in [0.15, 0.2) is 5.78 Å². The van der Waals surface area contributed by atoms with Crippen LogP contribution in [0.25, 0.3) is 0 Å². The minimum Gasteiger partial charge on any atom is -0.508 e. The number of aromatic hydroxyl groups is 1. The van der Waals surface area contributed by atoms with Crippen LogP contribution in [0.1, 0.15) is 31.1 Å². The Kier molecular flexibility index (Phi) is 4.87. The van der Waals surface area contributed by atoms with Crippen molar-refractivity contribution in [3.05, 3.63) is 29.8 Å². The summed E-state index contributed by atoms with van der Waals surface area (Å²) in [4.78, 5) is 11.8. The van der Waals surface area contributed by atoms with Crippen molar-refractivity contribution in [3.8, 4) is 5.75 Å². The quantitative estimate of drug-likeness (QED) is 0.799. The van der Waals surface area contributed by atoms with Crippen LogP contribution in [0.2, 0.25) is 0 Å². The molecule has 0 spiro atoms. The Balaban J connectivity index is 2.50. The van der Waals surface area contributed by atoms with Crippen LogP contribution in [0, 0.1) is 5.92 Å². The van der Waals surface area contributed by atoms with Gasteiger partial charge in [0.1, 0.15) is 5.75 Å². The van der Waals surface area contributed by atoms with Crippen molar-refractivity contribution < 1.29 is 9.90 Å². The van der Waals surface area contributed by atoms with E-state index in [-0.39, 0.29) is 11.5 Å². The van der Waals surface area contributed by atoms with Gasteiger partial charge in [-0.25, -0.2) is 0 Å². The summed E-state index contributed by atoms with van der Waals surface area (Å²) in [6, 6.07) is 6.42. The van der Waals surface area contributed by atoms with E-state index < -0.39 is 0 Å². The van der Waals surface area contributed by atoms with Crippen LogP contribution in [0.3, 0.4) is 0 Å². The van der Waals surface area contributed by atoms with Crippen LogP contribution >= 0.6 is 11.8 Å². The number of phenols is 1. The Morgan fingerprint density at radius 3 is 2.31 bits per heavy atom. The highest BCUT2D eigenvalue weighted by molar-refractivity contribution is 8.00. The number of thioether (sulfide) groups is 1. The fraction of sp³-hybridized carbons (Fsp3) is 0.462. The van der Waals surface area contributed by atoms with Gasteiger partial charge >= 0.3 is 0 Å². The molecule has 1 N–H and O–H groups in total. The third-order valence-corrected chi connectivity index (χ3v) is 4.10. The van der Waals surface area contributed by atoms with Crippen LogP contribution in [0.5, 0.6) is 5.75 Å². The fourth-order valence-electron chi connectivity index (χ4n) is 1.13. The predicted molar refractivity (Wildman–Crippen MR) is 69.2 cm³/mol. The molecule has 0 saturated carbocycles. The number of phenolic OH excluding ortho intramolecular Hbond substituents is 1. The molecule has 0 heterocycles. The summed E-state index contributed by atoms with van der Waals surface area (Å²) in [5.41, 5.74) is 0.668. The molecule has 1 atom stereocenters. The molecule has 1 aromatic carbocycles. The zero-order valence-corrected chi connectivity index (χ0v) is 10.8. The molecule has 1 unspecified atom stereocenters. The summed E-state index contributed by atoms with van der Waals surface area (Å²) >= 11 is 1.68. The van der Waals surface area contributed by atoms with E-state index in [1.165, 1.54) is 0 Å². The van der Waals surface area contributed by atoms with E-state index in [1.54, 1.807) is 36.0 Å². The zero-order valence-electron chi connectivity index (χ0n) is 9.93. The summed E-state index contributed by atoms with van der Waals surface area (Å²) < 4.78 is 0. The number of ketones is 1. The first-order valence-electron chi connectivity index (χ1n) is 5.44. The van der Waals surface area contributed by atoms with Gasteiger partial charge in [-0.2, -0.15) is 11.8 Å². The maximum atomic E-state index is 11.8. The van der Waals surface area contributed by atoms with Gasteiger partial charge in [0.25, 0.3) is 0 Å². The first-order valence-corrected chi connectivity index (χ1v) is 6.49. The Bertz CT molecular complexity index is 343. The second-order valence-electron chi connectivity index (χ2n) is 4.23. The molecular formula is C13H18O2S. The van der Waals surface area contributed by atoms with Crippen LogP contribution in [0.4, 0.5) is 0 Å². The molecule has 0 aromatic heterocycles. The maximum absolute atomic E-state index is 11.8. The van der Waals surface area contributed by atoms with Crippen molar-refractivity contribution in [3.63, 3.8) is 0 Å². The molecule has 16 heavy (non-hydrogen) atoms. The molecule has 0 aliphatic rings.